The molecule has 1 aromatic heterocycles. The van der Waals surface area contributed by atoms with Gasteiger partial charge in [0.15, 0.2) is 0 Å². The van der Waals surface area contributed by atoms with E-state index in [0.29, 0.717) is 11.4 Å². The molecule has 0 saturated carbocycles. The number of aryl methyl sites for hydroxylation is 1. The maximum Gasteiger partial charge on any atom is 0.445 e. The number of methoxy groups -OCH3 is 1. The molecule has 0 aliphatic heterocycles. The van der Waals surface area contributed by atoms with Gasteiger partial charge in [-0.25, -0.2) is 4.79 Å². The van der Waals surface area contributed by atoms with E-state index >= 15 is 0 Å². The Hall–Kier alpha value is -2.36. The number of anilines is 2. The van der Waals surface area contributed by atoms with Gasteiger partial charge in [0.25, 0.3) is 0 Å². The summed E-state index contributed by atoms with van der Waals surface area (Å²) in [6, 6.07) is 4.27. The highest BCUT2D eigenvalue weighted by molar-refractivity contribution is 7.15. The molecule has 2 rings (SSSR count). The number of ether oxygens (including phenoxy) is 1. The molecule has 0 radical (unpaired) electrons. The molecule has 10 heteroatoms. The Bertz CT molecular complexity index is 687. The fraction of sp³-hybridized carbons (Fsp3) is 0.250. The number of hydrogen-bond acceptors (Lipinski definition) is 5. The van der Waals surface area contributed by atoms with Gasteiger partial charge >= 0.3 is 12.2 Å². The second-order valence-electron chi connectivity index (χ2n) is 4.17. The van der Waals surface area contributed by atoms with Gasteiger partial charge in [-0.3, -0.25) is 5.32 Å². The Morgan fingerprint density at radius 2 is 2.00 bits per heavy atom. The Morgan fingerprint density at radius 3 is 2.55 bits per heavy atom. The zero-order valence-corrected chi connectivity index (χ0v) is 12.3. The first-order valence-corrected chi connectivity index (χ1v) is 6.74. The Balaban J connectivity index is 2.03. The molecular weight excluding hydrogens is 321 g/mol. The highest BCUT2D eigenvalue weighted by Crippen LogP contribution is 2.33. The van der Waals surface area contributed by atoms with Crippen molar-refractivity contribution in [3.63, 3.8) is 0 Å². The summed E-state index contributed by atoms with van der Waals surface area (Å²) in [5.41, 5.74) is 1.24. The van der Waals surface area contributed by atoms with Gasteiger partial charge in [-0.2, -0.15) is 13.2 Å². The van der Waals surface area contributed by atoms with Crippen molar-refractivity contribution >= 4 is 28.2 Å². The lowest BCUT2D eigenvalue weighted by molar-refractivity contribution is -0.138. The number of amides is 2. The lowest BCUT2D eigenvalue weighted by atomic mass is 10.2. The van der Waals surface area contributed by atoms with Crippen LogP contribution in [0.4, 0.5) is 28.8 Å². The minimum atomic E-state index is -4.58. The van der Waals surface area contributed by atoms with Gasteiger partial charge in [-0.05, 0) is 30.7 Å². The van der Waals surface area contributed by atoms with Crippen molar-refractivity contribution in [3.05, 3.63) is 28.8 Å². The van der Waals surface area contributed by atoms with Crippen LogP contribution in [0.5, 0.6) is 5.75 Å². The van der Waals surface area contributed by atoms with Crippen LogP contribution in [0.3, 0.4) is 0 Å². The van der Waals surface area contributed by atoms with Crippen molar-refractivity contribution in [1.29, 1.82) is 0 Å². The van der Waals surface area contributed by atoms with Crippen LogP contribution < -0.4 is 15.4 Å². The Labute approximate surface area is 127 Å². The molecule has 0 saturated heterocycles. The minimum Gasteiger partial charge on any atom is -0.497 e. The molecule has 2 N–H and O–H groups in total. The van der Waals surface area contributed by atoms with Gasteiger partial charge in [0.1, 0.15) is 5.75 Å². The summed E-state index contributed by atoms with van der Waals surface area (Å²) in [6.07, 6.45) is -4.58. The van der Waals surface area contributed by atoms with Crippen LogP contribution >= 0.6 is 11.3 Å². The van der Waals surface area contributed by atoms with Crippen LogP contribution in [0.1, 0.15) is 10.6 Å². The minimum absolute atomic E-state index is 0.240. The lowest BCUT2D eigenvalue weighted by Gasteiger charge is -2.09. The number of halogens is 3. The maximum absolute atomic E-state index is 12.4. The molecule has 0 atom stereocenters. The maximum atomic E-state index is 12.4. The smallest absolute Gasteiger partial charge is 0.445 e. The van der Waals surface area contributed by atoms with Gasteiger partial charge in [0, 0.05) is 5.69 Å². The molecule has 0 fully saturated rings. The van der Waals surface area contributed by atoms with Crippen molar-refractivity contribution in [1.82, 2.24) is 10.2 Å². The average Bonchev–Trinajstić information content (AvgIpc) is 2.89. The first-order chi connectivity index (χ1) is 10.3. The summed E-state index contributed by atoms with van der Waals surface area (Å²) in [5, 5.41) is 9.59. The summed E-state index contributed by atoms with van der Waals surface area (Å²) >= 11 is 0.250. The molecule has 118 valence electrons. The fourth-order valence-corrected chi connectivity index (χ4v) is 2.15. The molecule has 0 aliphatic carbocycles. The number of urea groups is 1. The Kier molecular flexibility index (Phi) is 4.50. The molecule has 2 amide bonds. The van der Waals surface area contributed by atoms with E-state index in [4.69, 9.17) is 4.74 Å². The monoisotopic (exact) mass is 332 g/mol. The van der Waals surface area contributed by atoms with E-state index in [-0.39, 0.29) is 16.5 Å². The second-order valence-corrected chi connectivity index (χ2v) is 5.15. The number of aromatic nitrogens is 2. The summed E-state index contributed by atoms with van der Waals surface area (Å²) in [4.78, 5) is 11.8. The van der Waals surface area contributed by atoms with Gasteiger partial charge in [0.2, 0.25) is 10.1 Å². The zero-order valence-electron chi connectivity index (χ0n) is 11.5. The van der Waals surface area contributed by atoms with E-state index in [9.17, 15) is 18.0 Å². The first kappa shape index (κ1) is 16.0. The van der Waals surface area contributed by atoms with Crippen LogP contribution in [0.15, 0.2) is 18.2 Å². The molecule has 1 aromatic carbocycles. The van der Waals surface area contributed by atoms with Crippen molar-refractivity contribution in [3.8, 4) is 5.75 Å². The third kappa shape index (κ3) is 3.85. The number of nitrogens with zero attached hydrogens (tertiary/aromatic N) is 2. The largest absolute Gasteiger partial charge is 0.497 e. The predicted octanol–water partition coefficient (Wildman–Crippen LogP) is 3.52. The van der Waals surface area contributed by atoms with Crippen LogP contribution in [-0.4, -0.2) is 23.3 Å². The molecule has 22 heavy (non-hydrogen) atoms. The third-order valence-electron chi connectivity index (χ3n) is 2.57. The molecule has 0 bridgehead atoms. The van der Waals surface area contributed by atoms with Gasteiger partial charge in [-0.1, -0.05) is 11.3 Å². The summed E-state index contributed by atoms with van der Waals surface area (Å²) in [7, 11) is 1.52. The molecular formula is C12H11F3N4O2S. The van der Waals surface area contributed by atoms with Crippen LogP contribution in [0, 0.1) is 6.92 Å². The van der Waals surface area contributed by atoms with Crippen molar-refractivity contribution in [2.45, 2.75) is 13.1 Å². The molecule has 2 aromatic rings. The predicted molar refractivity (Wildman–Crippen MR) is 75.3 cm³/mol. The number of hydrogen-bond donors (Lipinski definition) is 2. The van der Waals surface area contributed by atoms with Crippen molar-refractivity contribution in [2.75, 3.05) is 17.7 Å². The summed E-state index contributed by atoms with van der Waals surface area (Å²) in [5.74, 6) is 0.627. The number of carbonyl (C=O) groups excluding carboxylic acids is 1. The van der Waals surface area contributed by atoms with Crippen molar-refractivity contribution < 1.29 is 22.7 Å². The molecule has 0 spiro atoms. The third-order valence-corrected chi connectivity index (χ3v) is 3.45. The average molecular weight is 332 g/mol. The summed E-state index contributed by atoms with van der Waals surface area (Å²) in [6.45, 7) is 1.75. The zero-order chi connectivity index (χ0) is 16.3. The fourth-order valence-electron chi connectivity index (χ4n) is 1.54. The van der Waals surface area contributed by atoms with E-state index < -0.39 is 17.2 Å². The van der Waals surface area contributed by atoms with Crippen molar-refractivity contribution in [2.24, 2.45) is 0 Å². The number of carbonyl (C=O) groups is 1. The lowest BCUT2D eigenvalue weighted by Crippen LogP contribution is -2.19. The highest BCUT2D eigenvalue weighted by atomic mass is 32.1. The quantitative estimate of drug-likeness (QED) is 0.902. The normalized spacial score (nSPS) is 11.1. The molecule has 6 nitrogen and oxygen atoms in total. The standard InChI is InChI=1S/C12H11F3N4O2S/c1-6-5-7(21-2)3-4-8(6)16-10(20)17-11-19-18-9(22-11)12(13,14)15/h3-5H,1-2H3,(H2,16,17,19,20). The number of benzene rings is 1. The van der Waals surface area contributed by atoms with Crippen LogP contribution in [-0.2, 0) is 6.18 Å². The molecule has 0 aliphatic rings. The second kappa shape index (κ2) is 6.18. The molecule has 0 unspecified atom stereocenters. The number of alkyl halides is 3. The van der Waals surface area contributed by atoms with E-state index in [0.717, 1.165) is 5.56 Å². The van der Waals surface area contributed by atoms with E-state index in [2.05, 4.69) is 20.8 Å². The topological polar surface area (TPSA) is 76.1 Å². The highest BCUT2D eigenvalue weighted by Gasteiger charge is 2.35. The van der Waals surface area contributed by atoms with E-state index in [1.807, 2.05) is 0 Å². The summed E-state index contributed by atoms with van der Waals surface area (Å²) < 4.78 is 42.2. The molecule has 1 heterocycles. The SMILES string of the molecule is COc1ccc(NC(=O)Nc2nnc(C(F)(F)F)s2)c(C)c1. The van der Waals surface area contributed by atoms with Gasteiger partial charge < -0.3 is 10.1 Å². The van der Waals surface area contributed by atoms with Crippen LogP contribution in [0.25, 0.3) is 0 Å². The Morgan fingerprint density at radius 1 is 1.27 bits per heavy atom. The first-order valence-electron chi connectivity index (χ1n) is 5.93. The number of rotatable bonds is 3. The van der Waals surface area contributed by atoms with E-state index in [1.54, 1.807) is 25.1 Å². The van der Waals surface area contributed by atoms with Gasteiger partial charge in [0.05, 0.1) is 7.11 Å². The van der Waals surface area contributed by atoms with E-state index in [1.165, 1.54) is 7.11 Å². The number of nitrogens with one attached hydrogen (secondary N) is 2. The van der Waals surface area contributed by atoms with Crippen LogP contribution in [0.2, 0.25) is 0 Å². The van der Waals surface area contributed by atoms with Gasteiger partial charge in [-0.15, -0.1) is 10.2 Å².